The van der Waals surface area contributed by atoms with Crippen molar-refractivity contribution in [1.82, 2.24) is 0 Å². The minimum absolute atomic E-state index is 0.839. The van der Waals surface area contributed by atoms with Gasteiger partial charge < -0.3 is 0 Å². The van der Waals surface area contributed by atoms with E-state index in [0.717, 1.165) is 10.4 Å². The Labute approximate surface area is 68.4 Å². The normalized spacial score (nSPS) is 8.90. The quantitative estimate of drug-likeness (QED) is 0.654. The summed E-state index contributed by atoms with van der Waals surface area (Å²) in [5, 5.41) is 0. The zero-order valence-corrected chi connectivity index (χ0v) is 7.42. The standard InChI is InChI=1S/C8H8OSe/c1-7(10)9-8-5-3-2-4-6-8/h2-6H,1H3. The van der Waals surface area contributed by atoms with Gasteiger partial charge in [-0.2, -0.15) is 0 Å². The SMILES string of the molecule is CC(=[Se])Oc1ccccc1. The average Bonchev–Trinajstić information content (AvgIpc) is 1.88. The van der Waals surface area contributed by atoms with Gasteiger partial charge in [-0.25, -0.2) is 0 Å². The van der Waals surface area contributed by atoms with Gasteiger partial charge in [-0.05, 0) is 0 Å². The van der Waals surface area contributed by atoms with Crippen LogP contribution in [0.3, 0.4) is 0 Å². The van der Waals surface area contributed by atoms with E-state index in [4.69, 9.17) is 4.74 Å². The van der Waals surface area contributed by atoms with Crippen LogP contribution in [0.25, 0.3) is 0 Å². The first-order valence-corrected chi connectivity index (χ1v) is 3.88. The third kappa shape index (κ3) is 2.34. The molecule has 0 aliphatic rings. The summed E-state index contributed by atoms with van der Waals surface area (Å²) in [6, 6.07) is 9.68. The van der Waals surface area contributed by atoms with E-state index in [2.05, 4.69) is 15.6 Å². The van der Waals surface area contributed by atoms with Crippen LogP contribution in [0.1, 0.15) is 6.92 Å². The molecule has 52 valence electrons. The van der Waals surface area contributed by atoms with Crippen molar-refractivity contribution in [1.29, 1.82) is 0 Å². The summed E-state index contributed by atoms with van der Waals surface area (Å²) in [4.78, 5) is 0. The number of rotatable bonds is 2. The second kappa shape index (κ2) is 3.55. The van der Waals surface area contributed by atoms with Gasteiger partial charge in [0.1, 0.15) is 0 Å². The first kappa shape index (κ1) is 7.52. The van der Waals surface area contributed by atoms with Crippen LogP contribution in [0.5, 0.6) is 5.75 Å². The third-order valence-electron chi connectivity index (χ3n) is 1.00. The predicted molar refractivity (Wildman–Crippen MR) is 43.5 cm³/mol. The second-order valence-corrected chi connectivity index (χ2v) is 3.11. The van der Waals surface area contributed by atoms with Crippen molar-refractivity contribution in [3.05, 3.63) is 30.3 Å². The number of hydrogen-bond acceptors (Lipinski definition) is 1. The number of para-hydroxylation sites is 1. The van der Waals surface area contributed by atoms with E-state index >= 15 is 0 Å². The van der Waals surface area contributed by atoms with Gasteiger partial charge in [0.2, 0.25) is 0 Å². The molecule has 0 aliphatic heterocycles. The topological polar surface area (TPSA) is 9.23 Å². The van der Waals surface area contributed by atoms with E-state index in [9.17, 15) is 0 Å². The minimum atomic E-state index is 0.839. The van der Waals surface area contributed by atoms with Gasteiger partial charge in [0.05, 0.1) is 0 Å². The first-order chi connectivity index (χ1) is 4.79. The van der Waals surface area contributed by atoms with Crippen molar-refractivity contribution in [3.8, 4) is 5.75 Å². The van der Waals surface area contributed by atoms with Crippen LogP contribution in [0, 0.1) is 0 Å². The van der Waals surface area contributed by atoms with E-state index in [1.807, 2.05) is 37.3 Å². The fraction of sp³-hybridized carbons (Fsp3) is 0.125. The van der Waals surface area contributed by atoms with E-state index in [1.165, 1.54) is 0 Å². The summed E-state index contributed by atoms with van der Waals surface area (Å²) in [6.07, 6.45) is 0. The monoisotopic (exact) mass is 200 g/mol. The van der Waals surface area contributed by atoms with Crippen LogP contribution >= 0.6 is 0 Å². The van der Waals surface area contributed by atoms with Gasteiger partial charge >= 0.3 is 67.9 Å². The van der Waals surface area contributed by atoms with Gasteiger partial charge in [-0.15, -0.1) is 0 Å². The predicted octanol–water partition coefficient (Wildman–Crippen LogP) is 1.38. The molecule has 0 atom stereocenters. The second-order valence-electron chi connectivity index (χ2n) is 1.91. The molecule has 0 spiro atoms. The molecule has 0 aromatic heterocycles. The molecule has 0 radical (unpaired) electrons. The third-order valence-corrected chi connectivity index (χ3v) is 1.18. The molecule has 0 bridgehead atoms. The number of ether oxygens (including phenoxy) is 1. The molecule has 2 heteroatoms. The Hall–Kier alpha value is -0.591. The van der Waals surface area contributed by atoms with Crippen molar-refractivity contribution >= 4 is 20.2 Å². The van der Waals surface area contributed by atoms with Crippen molar-refractivity contribution < 1.29 is 4.74 Å². The van der Waals surface area contributed by atoms with Crippen molar-refractivity contribution in [3.63, 3.8) is 0 Å². The van der Waals surface area contributed by atoms with Gasteiger partial charge in [0.15, 0.2) is 0 Å². The Morgan fingerprint density at radius 3 is 2.40 bits per heavy atom. The summed E-state index contributed by atoms with van der Waals surface area (Å²) < 4.78 is 6.11. The van der Waals surface area contributed by atoms with E-state index in [-0.39, 0.29) is 0 Å². The fourth-order valence-corrected chi connectivity index (χ4v) is 0.856. The molecule has 0 heterocycles. The van der Waals surface area contributed by atoms with E-state index < -0.39 is 0 Å². The van der Waals surface area contributed by atoms with E-state index in [0.29, 0.717) is 0 Å². The molecule has 0 fully saturated rings. The molecule has 0 saturated heterocycles. The number of benzene rings is 1. The van der Waals surface area contributed by atoms with Crippen LogP contribution in [0.4, 0.5) is 0 Å². The van der Waals surface area contributed by atoms with E-state index in [1.54, 1.807) is 0 Å². The van der Waals surface area contributed by atoms with Crippen molar-refractivity contribution in [2.75, 3.05) is 0 Å². The summed E-state index contributed by atoms with van der Waals surface area (Å²) >= 11 is 2.78. The van der Waals surface area contributed by atoms with Crippen LogP contribution in [-0.4, -0.2) is 20.2 Å². The molecular formula is C8H8OSe. The van der Waals surface area contributed by atoms with Gasteiger partial charge in [0, 0.05) is 0 Å². The molecule has 0 unspecified atom stereocenters. The van der Waals surface area contributed by atoms with Crippen LogP contribution in [0.15, 0.2) is 30.3 Å². The molecule has 1 aromatic rings. The Balaban J connectivity index is 2.67. The van der Waals surface area contributed by atoms with Crippen LogP contribution < -0.4 is 4.74 Å². The van der Waals surface area contributed by atoms with Gasteiger partial charge in [-0.1, -0.05) is 0 Å². The molecule has 0 amide bonds. The molecule has 0 N–H and O–H groups in total. The zero-order chi connectivity index (χ0) is 7.40. The maximum absolute atomic E-state index is 5.28. The molecule has 1 aromatic carbocycles. The summed E-state index contributed by atoms with van der Waals surface area (Å²) in [6.45, 7) is 1.88. The van der Waals surface area contributed by atoms with Crippen LogP contribution in [-0.2, 0) is 0 Å². The molecule has 0 aliphatic carbocycles. The number of hydrogen-bond donors (Lipinski definition) is 0. The average molecular weight is 199 g/mol. The van der Waals surface area contributed by atoms with Crippen molar-refractivity contribution in [2.45, 2.75) is 6.92 Å². The molecule has 1 nitrogen and oxygen atoms in total. The zero-order valence-electron chi connectivity index (χ0n) is 5.70. The van der Waals surface area contributed by atoms with Gasteiger partial charge in [-0.3, -0.25) is 0 Å². The Kier molecular flexibility index (Phi) is 2.67. The summed E-state index contributed by atoms with van der Waals surface area (Å²) in [7, 11) is 0. The van der Waals surface area contributed by atoms with Crippen molar-refractivity contribution in [2.24, 2.45) is 0 Å². The Bertz CT molecular complexity index is 218. The Morgan fingerprint density at radius 2 is 1.90 bits per heavy atom. The summed E-state index contributed by atoms with van der Waals surface area (Å²) in [5.41, 5.74) is 0. The molecular weight excluding hydrogens is 191 g/mol. The van der Waals surface area contributed by atoms with Gasteiger partial charge in [0.25, 0.3) is 0 Å². The fourth-order valence-electron chi connectivity index (χ4n) is 0.655. The summed E-state index contributed by atoms with van der Waals surface area (Å²) in [5.74, 6) is 0.874. The molecule has 10 heavy (non-hydrogen) atoms. The molecule has 1 rings (SSSR count). The maximum atomic E-state index is 5.28. The first-order valence-electron chi connectivity index (χ1n) is 3.02. The Morgan fingerprint density at radius 1 is 1.30 bits per heavy atom. The van der Waals surface area contributed by atoms with Crippen LogP contribution in [0.2, 0.25) is 0 Å². The molecule has 0 saturated carbocycles.